The molecule has 118 valence electrons. The summed E-state index contributed by atoms with van der Waals surface area (Å²) in [6, 6.07) is 4.68. The van der Waals surface area contributed by atoms with E-state index < -0.39 is 10.0 Å². The molecule has 0 radical (unpaired) electrons. The van der Waals surface area contributed by atoms with Crippen LogP contribution in [0.3, 0.4) is 0 Å². The highest BCUT2D eigenvalue weighted by Crippen LogP contribution is 2.24. The van der Waals surface area contributed by atoms with Gasteiger partial charge in [0, 0.05) is 24.7 Å². The van der Waals surface area contributed by atoms with E-state index in [-0.39, 0.29) is 17.5 Å². The molecule has 2 rings (SSSR count). The summed E-state index contributed by atoms with van der Waals surface area (Å²) in [5.74, 6) is 0. The first kappa shape index (κ1) is 16.7. The van der Waals surface area contributed by atoms with Crippen molar-refractivity contribution in [3.63, 3.8) is 0 Å². The van der Waals surface area contributed by atoms with Gasteiger partial charge in [-0.05, 0) is 50.2 Å². The van der Waals surface area contributed by atoms with Gasteiger partial charge in [-0.1, -0.05) is 11.6 Å². The lowest BCUT2D eigenvalue weighted by molar-refractivity contribution is 0.271. The highest BCUT2D eigenvalue weighted by Gasteiger charge is 2.28. The fraction of sp³-hybridized carbons (Fsp3) is 0.571. The van der Waals surface area contributed by atoms with Crippen LogP contribution in [0.1, 0.15) is 18.4 Å². The van der Waals surface area contributed by atoms with Crippen LogP contribution in [0.4, 0.5) is 0 Å². The number of hydrogen-bond donors (Lipinski definition) is 1. The third-order valence-electron chi connectivity index (χ3n) is 4.04. The average Bonchev–Trinajstić information content (AvgIpc) is 2.84. The molecule has 0 saturated carbocycles. The zero-order chi connectivity index (χ0) is 15.6. The number of likely N-dealkylation sites (N-methyl/N-ethyl adjacent to an activating group) is 2. The van der Waals surface area contributed by atoms with Gasteiger partial charge in [0.25, 0.3) is 0 Å². The van der Waals surface area contributed by atoms with Gasteiger partial charge in [0.05, 0.1) is 11.5 Å². The number of benzene rings is 1. The molecule has 0 amide bonds. The molecule has 7 heteroatoms. The first-order valence-electron chi connectivity index (χ1n) is 6.92. The molecule has 1 fully saturated rings. The number of nitrogens with zero attached hydrogens (tertiary/aromatic N) is 2. The Hall–Kier alpha value is -0.660. The van der Waals surface area contributed by atoms with Crippen LogP contribution in [0.25, 0.3) is 0 Å². The molecule has 1 unspecified atom stereocenters. The number of likely N-dealkylation sites (tertiary alicyclic amines) is 1. The number of rotatable bonds is 5. The van der Waals surface area contributed by atoms with E-state index >= 15 is 0 Å². The van der Waals surface area contributed by atoms with Crippen LogP contribution in [0.2, 0.25) is 5.02 Å². The largest absolute Gasteiger partial charge is 0.392 e. The molecule has 1 aliphatic heterocycles. The number of hydrogen-bond acceptors (Lipinski definition) is 4. The van der Waals surface area contributed by atoms with Gasteiger partial charge in [0.1, 0.15) is 0 Å². The topological polar surface area (TPSA) is 60.9 Å². The van der Waals surface area contributed by atoms with Gasteiger partial charge in [-0.15, -0.1) is 0 Å². The second-order valence-electron chi connectivity index (χ2n) is 5.47. The summed E-state index contributed by atoms with van der Waals surface area (Å²) in [6.07, 6.45) is 2.11. The Balaban J connectivity index is 2.20. The van der Waals surface area contributed by atoms with Crippen molar-refractivity contribution in [2.45, 2.75) is 30.4 Å². The Labute approximate surface area is 131 Å². The van der Waals surface area contributed by atoms with Crippen LogP contribution < -0.4 is 0 Å². The van der Waals surface area contributed by atoms with Crippen LogP contribution >= 0.6 is 11.6 Å². The molecule has 1 aromatic carbocycles. The molecular formula is C14H21ClN2O3S. The Kier molecular flexibility index (Phi) is 5.27. The van der Waals surface area contributed by atoms with Gasteiger partial charge >= 0.3 is 0 Å². The maximum absolute atomic E-state index is 12.6. The molecule has 0 aromatic heterocycles. The van der Waals surface area contributed by atoms with Crippen molar-refractivity contribution >= 4 is 21.6 Å². The van der Waals surface area contributed by atoms with Crippen molar-refractivity contribution in [1.82, 2.24) is 9.21 Å². The van der Waals surface area contributed by atoms with Gasteiger partial charge < -0.3 is 10.0 Å². The first-order valence-corrected chi connectivity index (χ1v) is 8.74. The van der Waals surface area contributed by atoms with Crippen molar-refractivity contribution < 1.29 is 13.5 Å². The van der Waals surface area contributed by atoms with Crippen LogP contribution in [-0.2, 0) is 16.6 Å². The van der Waals surface area contributed by atoms with Crippen LogP contribution in [-0.4, -0.2) is 56.0 Å². The van der Waals surface area contributed by atoms with Crippen molar-refractivity contribution in [2.75, 3.05) is 27.2 Å². The molecule has 1 aromatic rings. The van der Waals surface area contributed by atoms with Crippen LogP contribution in [0, 0.1) is 0 Å². The second kappa shape index (κ2) is 6.62. The van der Waals surface area contributed by atoms with E-state index in [0.717, 1.165) is 19.4 Å². The summed E-state index contributed by atoms with van der Waals surface area (Å²) >= 11 is 5.91. The predicted molar refractivity (Wildman–Crippen MR) is 82.8 cm³/mol. The van der Waals surface area contributed by atoms with E-state index in [2.05, 4.69) is 4.90 Å². The van der Waals surface area contributed by atoms with Crippen LogP contribution in [0.15, 0.2) is 23.1 Å². The molecule has 1 aliphatic rings. The van der Waals surface area contributed by atoms with E-state index in [1.807, 2.05) is 7.05 Å². The molecule has 5 nitrogen and oxygen atoms in total. The molecule has 0 spiro atoms. The Morgan fingerprint density at radius 3 is 2.76 bits per heavy atom. The normalized spacial score (nSPS) is 20.3. The highest BCUT2D eigenvalue weighted by atomic mass is 35.5. The third-order valence-corrected chi connectivity index (χ3v) is 6.22. The maximum Gasteiger partial charge on any atom is 0.242 e. The second-order valence-corrected chi connectivity index (χ2v) is 7.93. The van der Waals surface area contributed by atoms with E-state index in [9.17, 15) is 13.5 Å². The zero-order valence-electron chi connectivity index (χ0n) is 12.3. The zero-order valence-corrected chi connectivity index (χ0v) is 13.9. The van der Waals surface area contributed by atoms with Gasteiger partial charge in [0.15, 0.2) is 0 Å². The molecular weight excluding hydrogens is 312 g/mol. The molecule has 0 bridgehead atoms. The lowest BCUT2D eigenvalue weighted by Gasteiger charge is -2.25. The third kappa shape index (κ3) is 3.57. The minimum Gasteiger partial charge on any atom is -0.392 e. The monoisotopic (exact) mass is 332 g/mol. The summed E-state index contributed by atoms with van der Waals surface area (Å²) < 4.78 is 26.6. The van der Waals surface area contributed by atoms with E-state index in [0.29, 0.717) is 17.1 Å². The van der Waals surface area contributed by atoms with Crippen LogP contribution in [0.5, 0.6) is 0 Å². The van der Waals surface area contributed by atoms with Crippen molar-refractivity contribution in [3.8, 4) is 0 Å². The lowest BCUT2D eigenvalue weighted by atomic mass is 10.2. The van der Waals surface area contributed by atoms with E-state index in [4.69, 9.17) is 11.6 Å². The fourth-order valence-electron chi connectivity index (χ4n) is 2.62. The number of aliphatic hydroxyl groups is 1. The van der Waals surface area contributed by atoms with Gasteiger partial charge in [-0.25, -0.2) is 8.42 Å². The summed E-state index contributed by atoms with van der Waals surface area (Å²) in [5.41, 5.74) is 0.420. The van der Waals surface area contributed by atoms with Crippen molar-refractivity contribution in [1.29, 1.82) is 0 Å². The van der Waals surface area contributed by atoms with E-state index in [1.165, 1.54) is 22.5 Å². The molecule has 1 atom stereocenters. The molecule has 21 heavy (non-hydrogen) atoms. The average molecular weight is 333 g/mol. The van der Waals surface area contributed by atoms with Crippen molar-refractivity contribution in [2.24, 2.45) is 0 Å². The van der Waals surface area contributed by atoms with Gasteiger partial charge in [0.2, 0.25) is 10.0 Å². The summed E-state index contributed by atoms with van der Waals surface area (Å²) in [4.78, 5) is 2.35. The molecule has 0 aliphatic carbocycles. The minimum absolute atomic E-state index is 0.166. The summed E-state index contributed by atoms with van der Waals surface area (Å²) in [6.45, 7) is 1.20. The lowest BCUT2D eigenvalue weighted by Crippen LogP contribution is -2.39. The van der Waals surface area contributed by atoms with Gasteiger partial charge in [-0.3, -0.25) is 0 Å². The van der Waals surface area contributed by atoms with E-state index in [1.54, 1.807) is 7.05 Å². The number of halogens is 1. The molecule has 1 saturated heterocycles. The van der Waals surface area contributed by atoms with Crippen molar-refractivity contribution in [3.05, 3.63) is 28.8 Å². The number of sulfonamides is 1. The maximum atomic E-state index is 12.6. The SMILES string of the molecule is CN1CCCC1CN(C)S(=O)(=O)c1ccc(Cl)c(CO)c1. The standard InChI is InChI=1S/C14H21ClN2O3S/c1-16-7-3-4-12(16)9-17(2)21(19,20)13-5-6-14(15)11(8-13)10-18/h5-6,8,12,18H,3-4,7,9-10H2,1-2H3. The Morgan fingerprint density at radius 2 is 2.19 bits per heavy atom. The Bertz CT molecular complexity index is 606. The smallest absolute Gasteiger partial charge is 0.242 e. The quantitative estimate of drug-likeness (QED) is 0.888. The first-order chi connectivity index (χ1) is 9.86. The Morgan fingerprint density at radius 1 is 1.48 bits per heavy atom. The molecule has 1 N–H and O–H groups in total. The minimum atomic E-state index is -3.56. The summed E-state index contributed by atoms with van der Waals surface area (Å²) in [7, 11) is 0.0478. The predicted octanol–water partition coefficient (Wildman–Crippen LogP) is 1.55. The highest BCUT2D eigenvalue weighted by molar-refractivity contribution is 7.89. The van der Waals surface area contributed by atoms with Gasteiger partial charge in [-0.2, -0.15) is 4.31 Å². The fourth-order valence-corrected chi connectivity index (χ4v) is 4.05. The number of aliphatic hydroxyl groups excluding tert-OH is 1. The molecule has 1 heterocycles. The summed E-state index contributed by atoms with van der Waals surface area (Å²) in [5, 5.41) is 9.58.